The lowest BCUT2D eigenvalue weighted by Crippen LogP contribution is -2.48. The van der Waals surface area contributed by atoms with Crippen LogP contribution in [0.4, 0.5) is 0 Å². The minimum atomic E-state index is -0.678. The predicted octanol–water partition coefficient (Wildman–Crippen LogP) is 0.749. The monoisotopic (exact) mass is 240 g/mol. The first-order valence-electron chi connectivity index (χ1n) is 6.78. The smallest absolute Gasteiger partial charge is 0.222 e. The molecule has 2 aliphatic heterocycles. The molecule has 1 amide bonds. The first-order valence-corrected chi connectivity index (χ1v) is 6.78. The number of carbonyl (C=O) groups is 1. The lowest BCUT2D eigenvalue weighted by atomic mass is 9.94. The zero-order valence-corrected chi connectivity index (χ0v) is 10.7. The van der Waals surface area contributed by atoms with E-state index in [0.29, 0.717) is 18.9 Å². The van der Waals surface area contributed by atoms with Gasteiger partial charge in [0.1, 0.15) is 0 Å². The SMILES string of the molecule is CC1(O)CCCN(C(=O)CCC2CCNC2)C1. The van der Waals surface area contributed by atoms with E-state index in [-0.39, 0.29) is 5.91 Å². The number of hydrogen-bond acceptors (Lipinski definition) is 3. The average Bonchev–Trinajstić information content (AvgIpc) is 2.77. The number of hydrogen-bond donors (Lipinski definition) is 2. The summed E-state index contributed by atoms with van der Waals surface area (Å²) in [6.45, 7) is 5.31. The Kier molecular flexibility index (Phi) is 4.05. The van der Waals surface area contributed by atoms with Crippen LogP contribution in [0.3, 0.4) is 0 Å². The third-order valence-corrected chi connectivity index (χ3v) is 3.96. The van der Waals surface area contributed by atoms with Crippen molar-refractivity contribution in [3.05, 3.63) is 0 Å². The lowest BCUT2D eigenvalue weighted by Gasteiger charge is -2.37. The van der Waals surface area contributed by atoms with E-state index in [1.165, 1.54) is 6.42 Å². The summed E-state index contributed by atoms with van der Waals surface area (Å²) in [5, 5.41) is 13.3. The fourth-order valence-electron chi connectivity index (χ4n) is 2.88. The molecule has 2 aliphatic rings. The number of aliphatic hydroxyl groups is 1. The zero-order valence-electron chi connectivity index (χ0n) is 10.7. The first kappa shape index (κ1) is 12.8. The predicted molar refractivity (Wildman–Crippen MR) is 66.6 cm³/mol. The molecule has 0 radical (unpaired) electrons. The highest BCUT2D eigenvalue weighted by Gasteiger charge is 2.30. The molecule has 2 N–H and O–H groups in total. The lowest BCUT2D eigenvalue weighted by molar-refractivity contribution is -0.137. The van der Waals surface area contributed by atoms with Crippen LogP contribution in [0, 0.1) is 5.92 Å². The van der Waals surface area contributed by atoms with Crippen molar-refractivity contribution < 1.29 is 9.90 Å². The van der Waals surface area contributed by atoms with E-state index in [9.17, 15) is 9.90 Å². The van der Waals surface area contributed by atoms with Crippen molar-refractivity contribution in [2.45, 2.75) is 44.6 Å². The summed E-state index contributed by atoms with van der Waals surface area (Å²) in [7, 11) is 0. The fourth-order valence-corrected chi connectivity index (χ4v) is 2.88. The molecular weight excluding hydrogens is 216 g/mol. The molecular formula is C13H24N2O2. The highest BCUT2D eigenvalue weighted by molar-refractivity contribution is 5.76. The van der Waals surface area contributed by atoms with Gasteiger partial charge in [0, 0.05) is 19.5 Å². The molecule has 0 bridgehead atoms. The molecule has 2 saturated heterocycles. The Hall–Kier alpha value is -0.610. The third kappa shape index (κ3) is 3.68. The molecule has 2 atom stereocenters. The Morgan fingerprint density at radius 2 is 2.41 bits per heavy atom. The van der Waals surface area contributed by atoms with Crippen molar-refractivity contribution >= 4 is 5.91 Å². The van der Waals surface area contributed by atoms with E-state index >= 15 is 0 Å². The first-order chi connectivity index (χ1) is 8.07. The van der Waals surface area contributed by atoms with Crippen molar-refractivity contribution in [1.82, 2.24) is 10.2 Å². The Morgan fingerprint density at radius 3 is 3.06 bits per heavy atom. The molecule has 0 aromatic heterocycles. The van der Waals surface area contributed by atoms with Gasteiger partial charge in [-0.2, -0.15) is 0 Å². The van der Waals surface area contributed by atoms with Gasteiger partial charge in [0.05, 0.1) is 5.60 Å². The standard InChI is InChI=1S/C13H24N2O2/c1-13(17)6-2-8-15(10-13)12(16)4-3-11-5-7-14-9-11/h11,14,17H,2-10H2,1H3. The van der Waals surface area contributed by atoms with Gasteiger partial charge in [0.2, 0.25) is 5.91 Å². The van der Waals surface area contributed by atoms with Crippen LogP contribution in [0.2, 0.25) is 0 Å². The van der Waals surface area contributed by atoms with Crippen molar-refractivity contribution in [2.24, 2.45) is 5.92 Å². The maximum absolute atomic E-state index is 12.0. The van der Waals surface area contributed by atoms with Gasteiger partial charge in [-0.25, -0.2) is 0 Å². The quantitative estimate of drug-likeness (QED) is 0.765. The van der Waals surface area contributed by atoms with Crippen LogP contribution in [0.5, 0.6) is 0 Å². The van der Waals surface area contributed by atoms with E-state index in [1.54, 1.807) is 0 Å². The highest BCUT2D eigenvalue weighted by atomic mass is 16.3. The number of rotatable bonds is 3. The molecule has 2 unspecified atom stereocenters. The Bertz CT molecular complexity index is 273. The van der Waals surface area contributed by atoms with Gasteiger partial charge in [-0.3, -0.25) is 4.79 Å². The summed E-state index contributed by atoms with van der Waals surface area (Å²) in [5.41, 5.74) is -0.678. The van der Waals surface area contributed by atoms with Crippen LogP contribution in [-0.4, -0.2) is 47.7 Å². The van der Waals surface area contributed by atoms with E-state index in [4.69, 9.17) is 0 Å². The van der Waals surface area contributed by atoms with Gasteiger partial charge in [-0.1, -0.05) is 0 Å². The number of amides is 1. The fraction of sp³-hybridized carbons (Fsp3) is 0.923. The van der Waals surface area contributed by atoms with E-state index in [1.807, 2.05) is 11.8 Å². The summed E-state index contributed by atoms with van der Waals surface area (Å²) >= 11 is 0. The summed E-state index contributed by atoms with van der Waals surface area (Å²) in [6, 6.07) is 0. The van der Waals surface area contributed by atoms with Crippen LogP contribution in [0.15, 0.2) is 0 Å². The Balaban J connectivity index is 1.75. The van der Waals surface area contributed by atoms with Crippen LogP contribution >= 0.6 is 0 Å². The molecule has 98 valence electrons. The van der Waals surface area contributed by atoms with E-state index in [2.05, 4.69) is 5.32 Å². The van der Waals surface area contributed by atoms with Gasteiger partial charge in [0.25, 0.3) is 0 Å². The number of nitrogens with zero attached hydrogens (tertiary/aromatic N) is 1. The second-order valence-corrected chi connectivity index (χ2v) is 5.81. The summed E-state index contributed by atoms with van der Waals surface area (Å²) in [6.07, 6.45) is 4.56. The molecule has 0 aliphatic carbocycles. The topological polar surface area (TPSA) is 52.6 Å². The zero-order chi connectivity index (χ0) is 12.3. The Morgan fingerprint density at radius 1 is 1.59 bits per heavy atom. The van der Waals surface area contributed by atoms with Crippen LogP contribution < -0.4 is 5.32 Å². The third-order valence-electron chi connectivity index (χ3n) is 3.96. The minimum Gasteiger partial charge on any atom is -0.388 e. The number of likely N-dealkylation sites (tertiary alicyclic amines) is 1. The maximum atomic E-state index is 12.0. The molecule has 0 spiro atoms. The van der Waals surface area contributed by atoms with Crippen molar-refractivity contribution in [3.8, 4) is 0 Å². The maximum Gasteiger partial charge on any atom is 0.222 e. The second-order valence-electron chi connectivity index (χ2n) is 5.81. The highest BCUT2D eigenvalue weighted by Crippen LogP contribution is 2.22. The van der Waals surface area contributed by atoms with Gasteiger partial charge in [-0.05, 0) is 51.6 Å². The van der Waals surface area contributed by atoms with Gasteiger partial charge < -0.3 is 15.3 Å². The molecule has 0 aromatic rings. The Labute approximate surface area is 103 Å². The summed E-state index contributed by atoms with van der Waals surface area (Å²) in [4.78, 5) is 13.9. The number of piperidine rings is 1. The second kappa shape index (κ2) is 5.36. The molecule has 0 aromatic carbocycles. The number of β-amino-alcohol motifs (C(OH)–C–C–N with tert-alkyl or cyclic N) is 1. The van der Waals surface area contributed by atoms with Crippen molar-refractivity contribution in [2.75, 3.05) is 26.2 Å². The van der Waals surface area contributed by atoms with Crippen LogP contribution in [0.1, 0.15) is 39.0 Å². The number of carbonyl (C=O) groups excluding carboxylic acids is 1. The largest absolute Gasteiger partial charge is 0.388 e. The molecule has 4 heteroatoms. The van der Waals surface area contributed by atoms with E-state index in [0.717, 1.165) is 38.9 Å². The molecule has 2 heterocycles. The average molecular weight is 240 g/mol. The molecule has 17 heavy (non-hydrogen) atoms. The van der Waals surface area contributed by atoms with Crippen LogP contribution in [0.25, 0.3) is 0 Å². The normalized spacial score (nSPS) is 34.0. The molecule has 4 nitrogen and oxygen atoms in total. The molecule has 0 saturated carbocycles. The summed E-state index contributed by atoms with van der Waals surface area (Å²) < 4.78 is 0. The molecule has 2 fully saturated rings. The summed E-state index contributed by atoms with van der Waals surface area (Å²) in [5.74, 6) is 0.890. The van der Waals surface area contributed by atoms with E-state index < -0.39 is 5.60 Å². The van der Waals surface area contributed by atoms with Crippen LogP contribution in [-0.2, 0) is 4.79 Å². The minimum absolute atomic E-state index is 0.219. The number of nitrogens with one attached hydrogen (secondary N) is 1. The van der Waals surface area contributed by atoms with Crippen molar-refractivity contribution in [1.29, 1.82) is 0 Å². The van der Waals surface area contributed by atoms with Crippen molar-refractivity contribution in [3.63, 3.8) is 0 Å². The molecule has 2 rings (SSSR count). The van der Waals surface area contributed by atoms with Gasteiger partial charge >= 0.3 is 0 Å². The van der Waals surface area contributed by atoms with Gasteiger partial charge in [-0.15, -0.1) is 0 Å². The van der Waals surface area contributed by atoms with Gasteiger partial charge in [0.15, 0.2) is 0 Å².